The van der Waals surface area contributed by atoms with Gasteiger partial charge in [-0.2, -0.15) is 0 Å². The minimum Gasteiger partial charge on any atom is -0.323 e. The highest BCUT2D eigenvalue weighted by atomic mass is 32.1. The molecule has 92 valence electrons. The van der Waals surface area contributed by atoms with Gasteiger partial charge in [-0.15, -0.1) is 22.7 Å². The summed E-state index contributed by atoms with van der Waals surface area (Å²) in [7, 11) is 0. The maximum atomic E-state index is 12.2. The van der Waals surface area contributed by atoms with Crippen LogP contribution in [0, 0.1) is 4.77 Å². The summed E-state index contributed by atoms with van der Waals surface area (Å²) in [5, 5.41) is 5.54. The predicted octanol–water partition coefficient (Wildman–Crippen LogP) is 2.82. The normalized spacial score (nSPS) is 11.1. The molecule has 4 nitrogen and oxygen atoms in total. The largest absolute Gasteiger partial charge is 0.323 e. The third-order valence-electron chi connectivity index (χ3n) is 2.64. The molecule has 0 aliphatic rings. The fourth-order valence-corrected chi connectivity index (χ4v) is 3.49. The number of aromatic nitrogens is 3. The maximum Gasteiger partial charge on any atom is 0.263 e. The Kier molecular flexibility index (Phi) is 3.11. The third kappa shape index (κ3) is 2.05. The summed E-state index contributed by atoms with van der Waals surface area (Å²) >= 11 is 8.31. The quantitative estimate of drug-likeness (QED) is 0.756. The number of H-pyrrole nitrogens is 1. The lowest BCUT2D eigenvalue weighted by Crippen LogP contribution is -2.22. The molecular weight excluding hydrogens is 286 g/mol. The molecule has 0 saturated heterocycles. The average molecular weight is 295 g/mol. The molecule has 0 aliphatic heterocycles. The second kappa shape index (κ2) is 4.75. The SMILES string of the molecule is O=c1c2ccsc2[nH]c(=S)n1CCc1nccs1. The van der Waals surface area contributed by atoms with Gasteiger partial charge in [0.05, 0.1) is 10.4 Å². The summed E-state index contributed by atoms with van der Waals surface area (Å²) in [4.78, 5) is 20.4. The maximum absolute atomic E-state index is 12.2. The van der Waals surface area contributed by atoms with E-state index in [0.717, 1.165) is 16.3 Å². The molecule has 0 amide bonds. The molecule has 0 saturated carbocycles. The second-order valence-electron chi connectivity index (χ2n) is 3.73. The number of aryl methyl sites for hydroxylation is 1. The highest BCUT2D eigenvalue weighted by Crippen LogP contribution is 2.14. The molecule has 1 N–H and O–H groups in total. The van der Waals surface area contributed by atoms with E-state index in [9.17, 15) is 4.79 Å². The molecule has 0 aliphatic carbocycles. The Morgan fingerprint density at radius 2 is 2.28 bits per heavy atom. The molecule has 0 radical (unpaired) electrons. The molecule has 0 unspecified atom stereocenters. The lowest BCUT2D eigenvalue weighted by Gasteiger charge is -2.04. The number of aromatic amines is 1. The highest BCUT2D eigenvalue weighted by Gasteiger charge is 2.07. The highest BCUT2D eigenvalue weighted by molar-refractivity contribution is 7.71. The standard InChI is InChI=1S/C11H9N3OS3/c15-10-7-2-5-18-9(7)13-11(16)14(10)4-1-8-12-3-6-17-8/h2-3,5-6H,1,4H2,(H,13,16). The number of hydrogen-bond acceptors (Lipinski definition) is 5. The van der Waals surface area contributed by atoms with Crippen LogP contribution < -0.4 is 5.56 Å². The van der Waals surface area contributed by atoms with Crippen LogP contribution in [0.5, 0.6) is 0 Å². The van der Waals surface area contributed by atoms with Crippen LogP contribution in [0.2, 0.25) is 0 Å². The molecular formula is C11H9N3OS3. The van der Waals surface area contributed by atoms with Crippen molar-refractivity contribution in [2.24, 2.45) is 0 Å². The summed E-state index contributed by atoms with van der Waals surface area (Å²) < 4.78 is 2.08. The number of fused-ring (bicyclic) bond motifs is 1. The molecule has 3 aromatic heterocycles. The summed E-state index contributed by atoms with van der Waals surface area (Å²) in [6.45, 7) is 0.563. The Labute approximate surface area is 116 Å². The Morgan fingerprint density at radius 3 is 3.06 bits per heavy atom. The second-order valence-corrected chi connectivity index (χ2v) is 6.01. The molecule has 0 spiro atoms. The van der Waals surface area contributed by atoms with Crippen LogP contribution in [0.25, 0.3) is 10.2 Å². The molecule has 7 heteroatoms. The Bertz CT molecular complexity index is 782. The number of nitrogens with zero attached hydrogens (tertiary/aromatic N) is 2. The van der Waals surface area contributed by atoms with E-state index in [-0.39, 0.29) is 5.56 Å². The number of hydrogen-bond donors (Lipinski definition) is 1. The van der Waals surface area contributed by atoms with E-state index in [1.165, 1.54) is 11.3 Å². The van der Waals surface area contributed by atoms with Gasteiger partial charge in [0.1, 0.15) is 4.83 Å². The number of nitrogens with one attached hydrogen (secondary N) is 1. The van der Waals surface area contributed by atoms with Gasteiger partial charge in [-0.3, -0.25) is 9.36 Å². The van der Waals surface area contributed by atoms with Crippen molar-refractivity contribution < 1.29 is 0 Å². The van der Waals surface area contributed by atoms with Crippen molar-refractivity contribution in [3.8, 4) is 0 Å². The first kappa shape index (κ1) is 11.8. The van der Waals surface area contributed by atoms with Crippen LogP contribution in [0.1, 0.15) is 5.01 Å². The third-order valence-corrected chi connectivity index (χ3v) is 4.63. The molecule has 0 atom stereocenters. The Hall–Kier alpha value is -1.31. The van der Waals surface area contributed by atoms with E-state index in [2.05, 4.69) is 9.97 Å². The van der Waals surface area contributed by atoms with E-state index in [1.54, 1.807) is 22.1 Å². The first-order chi connectivity index (χ1) is 8.75. The monoisotopic (exact) mass is 295 g/mol. The lowest BCUT2D eigenvalue weighted by atomic mass is 10.4. The van der Waals surface area contributed by atoms with Crippen LogP contribution in [-0.4, -0.2) is 14.5 Å². The van der Waals surface area contributed by atoms with E-state index in [1.807, 2.05) is 16.8 Å². The summed E-state index contributed by atoms with van der Waals surface area (Å²) in [6, 6.07) is 1.83. The fraction of sp³-hybridized carbons (Fsp3) is 0.182. The van der Waals surface area contributed by atoms with E-state index < -0.39 is 0 Å². The molecule has 3 rings (SSSR count). The van der Waals surface area contributed by atoms with E-state index in [0.29, 0.717) is 16.7 Å². The zero-order valence-corrected chi connectivity index (χ0v) is 11.7. The zero-order valence-electron chi connectivity index (χ0n) is 9.25. The van der Waals surface area contributed by atoms with Crippen LogP contribution in [0.3, 0.4) is 0 Å². The van der Waals surface area contributed by atoms with Crippen molar-refractivity contribution in [1.29, 1.82) is 0 Å². The van der Waals surface area contributed by atoms with Crippen molar-refractivity contribution in [2.45, 2.75) is 13.0 Å². The van der Waals surface area contributed by atoms with Crippen LogP contribution in [0.4, 0.5) is 0 Å². The van der Waals surface area contributed by atoms with Gasteiger partial charge in [-0.25, -0.2) is 4.98 Å². The van der Waals surface area contributed by atoms with Gasteiger partial charge in [0, 0.05) is 24.5 Å². The Morgan fingerprint density at radius 1 is 1.39 bits per heavy atom. The minimum atomic E-state index is -0.0217. The molecule has 3 aromatic rings. The zero-order chi connectivity index (χ0) is 12.5. The van der Waals surface area contributed by atoms with Crippen molar-refractivity contribution in [1.82, 2.24) is 14.5 Å². The number of rotatable bonds is 3. The van der Waals surface area contributed by atoms with Crippen LogP contribution >= 0.6 is 34.9 Å². The van der Waals surface area contributed by atoms with Crippen LogP contribution in [-0.2, 0) is 13.0 Å². The lowest BCUT2D eigenvalue weighted by molar-refractivity contribution is 0.651. The number of thiazole rings is 1. The van der Waals surface area contributed by atoms with Gasteiger partial charge in [-0.05, 0) is 23.7 Å². The topological polar surface area (TPSA) is 50.7 Å². The van der Waals surface area contributed by atoms with Crippen molar-refractivity contribution in [2.75, 3.05) is 0 Å². The van der Waals surface area contributed by atoms with E-state index in [4.69, 9.17) is 12.2 Å². The van der Waals surface area contributed by atoms with Gasteiger partial charge in [-0.1, -0.05) is 0 Å². The van der Waals surface area contributed by atoms with E-state index >= 15 is 0 Å². The van der Waals surface area contributed by atoms with Crippen molar-refractivity contribution >= 4 is 45.1 Å². The Balaban J connectivity index is 2.01. The summed E-state index contributed by atoms with van der Waals surface area (Å²) in [6.07, 6.45) is 2.50. The molecule has 18 heavy (non-hydrogen) atoms. The smallest absolute Gasteiger partial charge is 0.263 e. The van der Waals surface area contributed by atoms with Crippen molar-refractivity contribution in [3.05, 3.63) is 43.2 Å². The minimum absolute atomic E-state index is 0.0217. The molecule has 0 bridgehead atoms. The van der Waals surface area contributed by atoms with Gasteiger partial charge in [0.2, 0.25) is 0 Å². The van der Waals surface area contributed by atoms with Gasteiger partial charge in [0.25, 0.3) is 5.56 Å². The van der Waals surface area contributed by atoms with Gasteiger partial charge >= 0.3 is 0 Å². The average Bonchev–Trinajstić information content (AvgIpc) is 2.98. The summed E-state index contributed by atoms with van der Waals surface area (Å²) in [5.41, 5.74) is -0.0217. The first-order valence-corrected chi connectivity index (χ1v) is 7.51. The van der Waals surface area contributed by atoms with Gasteiger partial charge < -0.3 is 4.98 Å². The first-order valence-electron chi connectivity index (χ1n) is 5.34. The molecule has 3 heterocycles. The van der Waals surface area contributed by atoms with Crippen LogP contribution in [0.15, 0.2) is 27.8 Å². The predicted molar refractivity (Wildman–Crippen MR) is 77.1 cm³/mol. The van der Waals surface area contributed by atoms with Crippen molar-refractivity contribution in [3.63, 3.8) is 0 Å². The number of thiophene rings is 1. The molecule has 0 fully saturated rings. The molecule has 0 aromatic carbocycles. The van der Waals surface area contributed by atoms with Gasteiger partial charge in [0.15, 0.2) is 4.77 Å². The fourth-order valence-electron chi connectivity index (χ4n) is 1.76. The summed E-state index contributed by atoms with van der Waals surface area (Å²) in [5.74, 6) is 0.